The fourth-order valence-electron chi connectivity index (χ4n) is 1.73. The number of rotatable bonds is 1. The van der Waals surface area contributed by atoms with Crippen LogP contribution in [0.25, 0.3) is 0 Å². The first kappa shape index (κ1) is 9.89. The first-order valence-corrected chi connectivity index (χ1v) is 4.51. The average Bonchev–Trinajstić information content (AvgIpc) is 2.59. The Labute approximate surface area is 84.9 Å². The molecule has 3 nitrogen and oxygen atoms in total. The van der Waals surface area contributed by atoms with E-state index in [9.17, 15) is 13.6 Å². The van der Waals surface area contributed by atoms with Crippen LogP contribution in [0, 0.1) is 0 Å². The van der Waals surface area contributed by atoms with Gasteiger partial charge in [-0.15, -0.1) is 0 Å². The number of hydrogen-bond acceptors (Lipinski definition) is 1. The van der Waals surface area contributed by atoms with E-state index in [1.54, 1.807) is 6.07 Å². The van der Waals surface area contributed by atoms with Crippen molar-refractivity contribution in [1.82, 2.24) is 0 Å². The molecule has 1 aliphatic rings. The average molecular weight is 213 g/mol. The van der Waals surface area contributed by atoms with Gasteiger partial charge in [-0.05, 0) is 18.1 Å². The molecule has 1 N–H and O–H groups in total. The molecule has 0 aliphatic carbocycles. The summed E-state index contributed by atoms with van der Waals surface area (Å²) in [4.78, 5) is 11.9. The zero-order valence-corrected chi connectivity index (χ0v) is 7.78. The lowest BCUT2D eigenvalue weighted by Crippen LogP contribution is -2.26. The molecule has 15 heavy (non-hydrogen) atoms. The Morgan fingerprint density at radius 3 is 2.80 bits per heavy atom. The van der Waals surface area contributed by atoms with Gasteiger partial charge in [0.2, 0.25) is 0 Å². The second-order valence-electron chi connectivity index (χ2n) is 3.37. The Morgan fingerprint density at radius 1 is 1.47 bits per heavy atom. The molecule has 1 aromatic carbocycles. The van der Waals surface area contributed by atoms with Crippen molar-refractivity contribution >= 4 is 11.8 Å². The van der Waals surface area contributed by atoms with Gasteiger partial charge in [-0.2, -0.15) is 0 Å². The minimum Gasteiger partial charge on any atom is -0.465 e. The van der Waals surface area contributed by atoms with Gasteiger partial charge < -0.3 is 5.11 Å². The maximum Gasteiger partial charge on any atom is 0.411 e. The van der Waals surface area contributed by atoms with Crippen molar-refractivity contribution in [2.75, 3.05) is 11.4 Å². The molecule has 0 spiro atoms. The number of carboxylic acid groups (broad SMARTS) is 1. The maximum absolute atomic E-state index is 12.4. The number of carbonyl (C=O) groups is 1. The maximum atomic E-state index is 12.4. The van der Waals surface area contributed by atoms with E-state index in [-0.39, 0.29) is 5.56 Å². The minimum atomic E-state index is -2.56. The predicted molar refractivity (Wildman–Crippen MR) is 50.5 cm³/mol. The highest BCUT2D eigenvalue weighted by atomic mass is 19.3. The predicted octanol–water partition coefficient (Wildman–Crippen LogP) is 2.66. The topological polar surface area (TPSA) is 40.5 Å². The molecule has 0 bridgehead atoms. The third kappa shape index (κ3) is 1.65. The first-order chi connectivity index (χ1) is 7.09. The van der Waals surface area contributed by atoms with Gasteiger partial charge in [0, 0.05) is 12.1 Å². The Hall–Kier alpha value is -1.65. The number of nitrogens with zero attached hydrogens (tertiary/aromatic N) is 1. The molecule has 0 radical (unpaired) electrons. The second kappa shape index (κ2) is 3.49. The summed E-state index contributed by atoms with van der Waals surface area (Å²) in [5.74, 6) is 0. The summed E-state index contributed by atoms with van der Waals surface area (Å²) in [6.07, 6.45) is -3.07. The van der Waals surface area contributed by atoms with E-state index in [2.05, 4.69) is 0 Å². The number of amides is 1. The lowest BCUT2D eigenvalue weighted by atomic mass is 10.1. The molecule has 0 unspecified atom stereocenters. The van der Waals surface area contributed by atoms with Crippen LogP contribution in [0.1, 0.15) is 17.6 Å². The van der Waals surface area contributed by atoms with Crippen molar-refractivity contribution in [3.05, 3.63) is 29.3 Å². The van der Waals surface area contributed by atoms with Gasteiger partial charge in [0.15, 0.2) is 0 Å². The molecule has 0 saturated heterocycles. The van der Waals surface area contributed by atoms with Crippen molar-refractivity contribution in [2.24, 2.45) is 0 Å². The summed E-state index contributed by atoms with van der Waals surface area (Å²) in [7, 11) is 0. The number of alkyl halides is 2. The third-order valence-electron chi connectivity index (χ3n) is 2.49. The number of halogens is 2. The van der Waals surface area contributed by atoms with Gasteiger partial charge in [-0.3, -0.25) is 4.90 Å². The van der Waals surface area contributed by atoms with Crippen LogP contribution in [0.4, 0.5) is 19.3 Å². The lowest BCUT2D eigenvalue weighted by Gasteiger charge is -2.13. The van der Waals surface area contributed by atoms with Crippen molar-refractivity contribution in [2.45, 2.75) is 12.8 Å². The molecule has 1 aromatic rings. The van der Waals surface area contributed by atoms with Gasteiger partial charge in [0.05, 0.1) is 5.69 Å². The molecular weight excluding hydrogens is 204 g/mol. The van der Waals surface area contributed by atoms with Gasteiger partial charge in [0.25, 0.3) is 6.43 Å². The molecule has 1 aliphatic heterocycles. The highest BCUT2D eigenvalue weighted by molar-refractivity contribution is 5.89. The fourth-order valence-corrected chi connectivity index (χ4v) is 1.73. The van der Waals surface area contributed by atoms with E-state index in [1.807, 2.05) is 0 Å². The molecule has 5 heteroatoms. The Morgan fingerprint density at radius 2 is 2.20 bits per heavy atom. The Balaban J connectivity index is 2.42. The lowest BCUT2D eigenvalue weighted by molar-refractivity contribution is 0.151. The van der Waals surface area contributed by atoms with Gasteiger partial charge in [-0.1, -0.05) is 12.1 Å². The minimum absolute atomic E-state index is 0.137. The molecular formula is C10H9F2NO2. The summed E-state index contributed by atoms with van der Waals surface area (Å²) in [6, 6.07) is 4.16. The standard InChI is InChI=1S/C10H9F2NO2/c11-9(12)7-2-1-6-3-4-13(10(14)15)8(6)5-7/h1-2,5,9H,3-4H2,(H,14,15). The normalized spacial score (nSPS) is 14.5. The van der Waals surface area contributed by atoms with Crippen LogP contribution in [-0.2, 0) is 6.42 Å². The molecule has 2 rings (SSSR count). The largest absolute Gasteiger partial charge is 0.465 e. The highest BCUT2D eigenvalue weighted by Crippen LogP contribution is 2.32. The zero-order chi connectivity index (χ0) is 11.0. The summed E-state index contributed by atoms with van der Waals surface area (Å²) >= 11 is 0. The zero-order valence-electron chi connectivity index (χ0n) is 7.78. The molecule has 1 heterocycles. The summed E-state index contributed by atoms with van der Waals surface area (Å²) in [5, 5.41) is 8.83. The first-order valence-electron chi connectivity index (χ1n) is 4.51. The van der Waals surface area contributed by atoms with E-state index in [1.165, 1.54) is 12.1 Å². The van der Waals surface area contributed by atoms with Crippen LogP contribution >= 0.6 is 0 Å². The van der Waals surface area contributed by atoms with Crippen LogP contribution in [-0.4, -0.2) is 17.7 Å². The van der Waals surface area contributed by atoms with E-state index >= 15 is 0 Å². The Bertz CT molecular complexity index is 406. The third-order valence-corrected chi connectivity index (χ3v) is 2.49. The van der Waals surface area contributed by atoms with Crippen LogP contribution in [0.3, 0.4) is 0 Å². The van der Waals surface area contributed by atoms with Crippen molar-refractivity contribution in [1.29, 1.82) is 0 Å². The van der Waals surface area contributed by atoms with Crippen molar-refractivity contribution < 1.29 is 18.7 Å². The van der Waals surface area contributed by atoms with E-state index in [4.69, 9.17) is 5.11 Å². The van der Waals surface area contributed by atoms with Gasteiger partial charge >= 0.3 is 6.09 Å². The summed E-state index contributed by atoms with van der Waals surface area (Å²) in [5.41, 5.74) is 1.06. The van der Waals surface area contributed by atoms with E-state index < -0.39 is 12.5 Å². The molecule has 1 amide bonds. The quantitative estimate of drug-likeness (QED) is 0.779. The number of fused-ring (bicyclic) bond motifs is 1. The number of hydrogen-bond donors (Lipinski definition) is 1. The van der Waals surface area contributed by atoms with E-state index in [0.29, 0.717) is 18.7 Å². The van der Waals surface area contributed by atoms with Gasteiger partial charge in [-0.25, -0.2) is 13.6 Å². The highest BCUT2D eigenvalue weighted by Gasteiger charge is 2.25. The monoisotopic (exact) mass is 213 g/mol. The number of anilines is 1. The van der Waals surface area contributed by atoms with Crippen LogP contribution in [0.15, 0.2) is 18.2 Å². The molecule has 0 atom stereocenters. The molecule has 0 saturated carbocycles. The summed E-state index contributed by atoms with van der Waals surface area (Å²) < 4.78 is 24.8. The van der Waals surface area contributed by atoms with E-state index in [0.717, 1.165) is 10.5 Å². The van der Waals surface area contributed by atoms with Crippen molar-refractivity contribution in [3.63, 3.8) is 0 Å². The van der Waals surface area contributed by atoms with Crippen LogP contribution < -0.4 is 4.90 Å². The number of benzene rings is 1. The van der Waals surface area contributed by atoms with Gasteiger partial charge in [0.1, 0.15) is 0 Å². The van der Waals surface area contributed by atoms with Crippen LogP contribution in [0.2, 0.25) is 0 Å². The van der Waals surface area contributed by atoms with Crippen molar-refractivity contribution in [3.8, 4) is 0 Å². The fraction of sp³-hybridized carbons (Fsp3) is 0.300. The molecule has 80 valence electrons. The molecule has 0 fully saturated rings. The summed E-state index contributed by atoms with van der Waals surface area (Å²) in [6.45, 7) is 0.345. The SMILES string of the molecule is O=C(O)N1CCc2ccc(C(F)F)cc21. The smallest absolute Gasteiger partial charge is 0.411 e. The van der Waals surface area contributed by atoms with Crippen LogP contribution in [0.5, 0.6) is 0 Å². The second-order valence-corrected chi connectivity index (χ2v) is 3.37. The Kier molecular flexibility index (Phi) is 2.30. The molecule has 0 aromatic heterocycles.